The zero-order chi connectivity index (χ0) is 13.3. The fourth-order valence-corrected chi connectivity index (χ4v) is 5.45. The Bertz CT molecular complexity index is 517. The summed E-state index contributed by atoms with van der Waals surface area (Å²) in [6, 6.07) is 0. The van der Waals surface area contributed by atoms with E-state index in [0.29, 0.717) is 22.0 Å². The van der Waals surface area contributed by atoms with E-state index in [1.54, 1.807) is 0 Å². The van der Waals surface area contributed by atoms with Crippen molar-refractivity contribution >= 4 is 85.2 Å². The minimum atomic E-state index is -1.10. The molecular formula is C9H7I3N2O3. The van der Waals surface area contributed by atoms with Crippen LogP contribution in [0.4, 0.5) is 5.69 Å². The fourth-order valence-electron chi connectivity index (χ4n) is 1.22. The van der Waals surface area contributed by atoms with Crippen molar-refractivity contribution in [3.63, 3.8) is 0 Å². The van der Waals surface area contributed by atoms with E-state index in [2.05, 4.69) is 0 Å². The van der Waals surface area contributed by atoms with Crippen LogP contribution < -0.4 is 11.5 Å². The third-order valence-electron chi connectivity index (χ3n) is 2.03. The van der Waals surface area contributed by atoms with Crippen LogP contribution in [0.1, 0.15) is 20.7 Å². The third-order valence-corrected chi connectivity index (χ3v) is 5.35. The van der Waals surface area contributed by atoms with Gasteiger partial charge in [-0.2, -0.15) is 0 Å². The number of hydrogen-bond donors (Lipinski definition) is 3. The first kappa shape index (κ1) is 15.4. The summed E-state index contributed by atoms with van der Waals surface area (Å²) in [5.41, 5.74) is 11.8. The predicted molar refractivity (Wildman–Crippen MR) is 89.3 cm³/mol. The Morgan fingerprint density at radius 3 is 1.94 bits per heavy atom. The van der Waals surface area contributed by atoms with Crippen LogP contribution in [0.5, 0.6) is 0 Å². The summed E-state index contributed by atoms with van der Waals surface area (Å²) >= 11 is 5.64. The van der Waals surface area contributed by atoms with Crippen molar-refractivity contribution in [3.8, 4) is 0 Å². The Morgan fingerprint density at radius 2 is 1.53 bits per heavy atom. The van der Waals surface area contributed by atoms with Gasteiger partial charge in [-0.1, -0.05) is 0 Å². The monoisotopic (exact) mass is 572 g/mol. The molecule has 1 aromatic rings. The largest absolute Gasteiger partial charge is 0.478 e. The number of anilines is 1. The number of nitrogens with two attached hydrogens (primary N) is 2. The smallest absolute Gasteiger partial charge is 0.337 e. The molecule has 0 aliphatic heterocycles. The highest BCUT2D eigenvalue weighted by molar-refractivity contribution is 14.1. The highest BCUT2D eigenvalue weighted by Crippen LogP contribution is 2.33. The molecule has 0 radical (unpaired) electrons. The number of hydrogen-bond acceptors (Lipinski definition) is 4. The number of Topliss-reactive ketones (excluding diaryl/α,β-unsaturated/α-hetero) is 1. The zero-order valence-corrected chi connectivity index (χ0v) is 14.7. The molecule has 1 aromatic carbocycles. The van der Waals surface area contributed by atoms with Gasteiger partial charge in [0.2, 0.25) is 0 Å². The summed E-state index contributed by atoms with van der Waals surface area (Å²) in [6.07, 6.45) is 0. The van der Waals surface area contributed by atoms with Crippen molar-refractivity contribution < 1.29 is 14.7 Å². The molecule has 0 spiro atoms. The molecule has 0 amide bonds. The molecule has 0 aliphatic carbocycles. The molecule has 0 heterocycles. The van der Waals surface area contributed by atoms with E-state index in [0.717, 1.165) is 0 Å². The van der Waals surface area contributed by atoms with Crippen molar-refractivity contribution in [2.24, 2.45) is 5.73 Å². The molecule has 0 atom stereocenters. The lowest BCUT2D eigenvalue weighted by Crippen LogP contribution is -2.20. The highest BCUT2D eigenvalue weighted by atomic mass is 127. The molecule has 0 aromatic heterocycles. The second-order valence-electron chi connectivity index (χ2n) is 3.04. The summed E-state index contributed by atoms with van der Waals surface area (Å²) in [6.45, 7) is -0.176. The predicted octanol–water partition coefficient (Wildman–Crippen LogP) is 1.92. The minimum absolute atomic E-state index is 0.0564. The van der Waals surface area contributed by atoms with Gasteiger partial charge in [0, 0.05) is 12.7 Å². The first-order valence-electron chi connectivity index (χ1n) is 4.25. The van der Waals surface area contributed by atoms with Crippen LogP contribution in [0.25, 0.3) is 0 Å². The topological polar surface area (TPSA) is 106 Å². The quantitative estimate of drug-likeness (QED) is 0.292. The minimum Gasteiger partial charge on any atom is -0.478 e. The Balaban J connectivity index is 3.74. The maximum Gasteiger partial charge on any atom is 0.337 e. The van der Waals surface area contributed by atoms with Crippen molar-refractivity contribution in [2.75, 3.05) is 12.3 Å². The molecular weight excluding hydrogens is 565 g/mol. The first-order chi connectivity index (χ1) is 7.82. The second kappa shape index (κ2) is 5.97. The van der Waals surface area contributed by atoms with Crippen molar-refractivity contribution in [2.45, 2.75) is 0 Å². The summed E-state index contributed by atoms with van der Waals surface area (Å²) in [5.74, 6) is -1.42. The van der Waals surface area contributed by atoms with Crippen LogP contribution in [0.2, 0.25) is 0 Å². The Kier molecular flexibility index (Phi) is 5.39. The second-order valence-corrected chi connectivity index (χ2v) is 6.27. The SMILES string of the molecule is NCC(=O)c1c(I)c(N)c(I)c(C(=O)O)c1I. The molecule has 0 saturated carbocycles. The van der Waals surface area contributed by atoms with Gasteiger partial charge in [0.1, 0.15) is 0 Å². The lowest BCUT2D eigenvalue weighted by atomic mass is 10.1. The van der Waals surface area contributed by atoms with Gasteiger partial charge in [0.25, 0.3) is 0 Å². The number of carbonyl (C=O) groups excluding carboxylic acids is 1. The van der Waals surface area contributed by atoms with Crippen LogP contribution in [0, 0.1) is 10.7 Å². The van der Waals surface area contributed by atoms with E-state index in [1.165, 1.54) is 0 Å². The molecule has 5 N–H and O–H groups in total. The summed E-state index contributed by atoms with van der Waals surface area (Å²) < 4.78 is 1.38. The summed E-state index contributed by atoms with van der Waals surface area (Å²) in [4.78, 5) is 22.9. The van der Waals surface area contributed by atoms with Gasteiger partial charge in [-0.05, 0) is 67.8 Å². The molecule has 5 nitrogen and oxygen atoms in total. The van der Waals surface area contributed by atoms with Crippen molar-refractivity contribution in [1.82, 2.24) is 0 Å². The van der Waals surface area contributed by atoms with Crippen LogP contribution in [-0.2, 0) is 0 Å². The number of halogens is 3. The fraction of sp³-hybridized carbons (Fsp3) is 0.111. The molecule has 17 heavy (non-hydrogen) atoms. The summed E-state index contributed by atoms with van der Waals surface area (Å²) in [7, 11) is 0. The first-order valence-corrected chi connectivity index (χ1v) is 7.49. The van der Waals surface area contributed by atoms with Gasteiger partial charge < -0.3 is 16.6 Å². The zero-order valence-electron chi connectivity index (χ0n) is 8.26. The average molecular weight is 572 g/mol. The number of carboxylic acids is 1. The maximum absolute atomic E-state index is 11.7. The maximum atomic E-state index is 11.7. The molecule has 0 saturated heterocycles. The van der Waals surface area contributed by atoms with Gasteiger partial charge in [0.15, 0.2) is 5.78 Å². The normalized spacial score (nSPS) is 10.4. The molecule has 0 fully saturated rings. The highest BCUT2D eigenvalue weighted by Gasteiger charge is 2.25. The lowest BCUT2D eigenvalue weighted by molar-refractivity contribution is 0.0694. The number of carbonyl (C=O) groups is 2. The number of carboxylic acid groups (broad SMARTS) is 1. The van der Waals surface area contributed by atoms with Crippen LogP contribution >= 0.6 is 67.8 Å². The van der Waals surface area contributed by atoms with Gasteiger partial charge in [-0.25, -0.2) is 4.79 Å². The van der Waals surface area contributed by atoms with E-state index < -0.39 is 5.97 Å². The Labute approximate surface area is 138 Å². The van der Waals surface area contributed by atoms with E-state index in [9.17, 15) is 9.59 Å². The standard InChI is InChI=1S/C9H7I3N2O3/c10-5-3(2(15)1-13)6(11)8(14)7(12)4(5)9(16)17/h1,13-14H2,(H,16,17). The van der Waals surface area contributed by atoms with Crippen molar-refractivity contribution in [1.29, 1.82) is 0 Å². The van der Waals surface area contributed by atoms with E-state index in [-0.39, 0.29) is 17.9 Å². The number of benzene rings is 1. The van der Waals surface area contributed by atoms with Crippen LogP contribution in [-0.4, -0.2) is 23.4 Å². The van der Waals surface area contributed by atoms with E-state index >= 15 is 0 Å². The average Bonchev–Trinajstić information content (AvgIpc) is 2.25. The van der Waals surface area contributed by atoms with Gasteiger partial charge in [-0.3, -0.25) is 4.79 Å². The molecule has 92 valence electrons. The number of aromatic carboxylic acids is 1. The van der Waals surface area contributed by atoms with E-state index in [4.69, 9.17) is 16.6 Å². The van der Waals surface area contributed by atoms with Crippen LogP contribution in [0.15, 0.2) is 0 Å². The number of ketones is 1. The summed E-state index contributed by atoms with van der Waals surface area (Å²) in [5, 5.41) is 9.13. The Morgan fingerprint density at radius 1 is 1.06 bits per heavy atom. The molecule has 0 unspecified atom stereocenters. The molecule has 8 heteroatoms. The third kappa shape index (κ3) is 2.84. The molecule has 1 rings (SSSR count). The van der Waals surface area contributed by atoms with Gasteiger partial charge in [-0.15, -0.1) is 0 Å². The number of rotatable bonds is 3. The number of nitrogen functional groups attached to an aromatic ring is 1. The van der Waals surface area contributed by atoms with E-state index in [1.807, 2.05) is 67.8 Å². The lowest BCUT2D eigenvalue weighted by Gasteiger charge is -2.13. The van der Waals surface area contributed by atoms with Gasteiger partial charge >= 0.3 is 5.97 Å². The molecule has 0 aliphatic rings. The van der Waals surface area contributed by atoms with Crippen LogP contribution in [0.3, 0.4) is 0 Å². The molecule has 0 bridgehead atoms. The van der Waals surface area contributed by atoms with Crippen molar-refractivity contribution in [3.05, 3.63) is 21.8 Å². The Hall–Kier alpha value is 0.310. The van der Waals surface area contributed by atoms with Gasteiger partial charge in [0.05, 0.1) is 21.4 Å².